The Bertz CT molecular complexity index is 523. The predicted octanol–water partition coefficient (Wildman–Crippen LogP) is 2.80. The molecule has 1 aromatic carbocycles. The van der Waals surface area contributed by atoms with Gasteiger partial charge in [0.1, 0.15) is 6.10 Å². The number of thioether (sulfide) groups is 1. The van der Waals surface area contributed by atoms with Crippen LogP contribution in [-0.4, -0.2) is 48.0 Å². The van der Waals surface area contributed by atoms with Crippen molar-refractivity contribution in [1.82, 2.24) is 5.32 Å². The molecule has 0 amide bonds. The summed E-state index contributed by atoms with van der Waals surface area (Å²) in [6.07, 6.45) is 5.90. The maximum Gasteiger partial charge on any atom is 0.172 e. The lowest BCUT2D eigenvalue weighted by atomic mass is 9.88. The minimum atomic E-state index is -0.454. The number of ether oxygens (including phenoxy) is 2. The van der Waals surface area contributed by atoms with Gasteiger partial charge in [0.2, 0.25) is 0 Å². The van der Waals surface area contributed by atoms with Crippen molar-refractivity contribution in [2.75, 3.05) is 13.2 Å². The largest absolute Gasteiger partial charge is 0.390 e. The zero-order valence-electron chi connectivity index (χ0n) is 14.0. The lowest BCUT2D eigenvalue weighted by Gasteiger charge is -2.39. The molecular weight excluding hydrogens is 322 g/mol. The van der Waals surface area contributed by atoms with Crippen LogP contribution in [0.25, 0.3) is 0 Å². The number of hydrogen-bond acceptors (Lipinski definition) is 5. The summed E-state index contributed by atoms with van der Waals surface area (Å²) < 4.78 is 11.9. The van der Waals surface area contributed by atoms with Crippen molar-refractivity contribution >= 4 is 11.8 Å². The minimum Gasteiger partial charge on any atom is -0.390 e. The Morgan fingerprint density at radius 3 is 2.71 bits per heavy atom. The third kappa shape index (κ3) is 3.65. The van der Waals surface area contributed by atoms with Crippen LogP contribution in [0, 0.1) is 5.92 Å². The van der Waals surface area contributed by atoms with E-state index in [0.717, 1.165) is 17.4 Å². The van der Waals surface area contributed by atoms with Crippen molar-refractivity contribution in [2.24, 2.45) is 5.92 Å². The zero-order chi connectivity index (χ0) is 16.4. The molecule has 132 valence electrons. The smallest absolute Gasteiger partial charge is 0.172 e. The molecule has 2 N–H and O–H groups in total. The van der Waals surface area contributed by atoms with Gasteiger partial charge in [-0.25, -0.2) is 0 Å². The van der Waals surface area contributed by atoms with Gasteiger partial charge >= 0.3 is 0 Å². The molecule has 1 saturated carbocycles. The van der Waals surface area contributed by atoms with Crippen LogP contribution >= 0.6 is 11.8 Å². The summed E-state index contributed by atoms with van der Waals surface area (Å²) in [7, 11) is 0. The highest BCUT2D eigenvalue weighted by molar-refractivity contribution is 8.00. The molecule has 5 heteroatoms. The van der Waals surface area contributed by atoms with Crippen molar-refractivity contribution < 1.29 is 14.6 Å². The maximum atomic E-state index is 11.0. The number of hydrogen-bond donors (Lipinski definition) is 2. The molecule has 2 saturated heterocycles. The fraction of sp³-hybridized carbons (Fsp3) is 0.684. The van der Waals surface area contributed by atoms with E-state index >= 15 is 0 Å². The van der Waals surface area contributed by atoms with Crippen LogP contribution in [0.15, 0.2) is 35.2 Å². The van der Waals surface area contributed by atoms with Crippen molar-refractivity contribution in [3.8, 4) is 0 Å². The topological polar surface area (TPSA) is 50.7 Å². The fourth-order valence-electron chi connectivity index (χ4n) is 4.11. The van der Waals surface area contributed by atoms with Gasteiger partial charge in [0, 0.05) is 4.90 Å². The Kier molecular flexibility index (Phi) is 5.44. The van der Waals surface area contributed by atoms with E-state index in [1.54, 1.807) is 11.8 Å². The van der Waals surface area contributed by atoms with E-state index in [1.807, 2.05) is 18.2 Å². The molecule has 4 rings (SSSR count). The van der Waals surface area contributed by atoms with Crippen LogP contribution in [0.1, 0.15) is 32.1 Å². The highest BCUT2D eigenvalue weighted by Gasteiger charge is 2.50. The number of nitrogens with one attached hydrogen (secondary N) is 1. The molecule has 2 bridgehead atoms. The lowest BCUT2D eigenvalue weighted by Crippen LogP contribution is -2.59. The van der Waals surface area contributed by atoms with Gasteiger partial charge in [0.25, 0.3) is 0 Å². The fourth-order valence-corrected chi connectivity index (χ4v) is 5.31. The summed E-state index contributed by atoms with van der Waals surface area (Å²) in [5, 5.41) is 14.5. The van der Waals surface area contributed by atoms with E-state index in [-0.39, 0.29) is 23.7 Å². The number of fused-ring (bicyclic) bond motifs is 2. The molecule has 0 unspecified atom stereocenters. The van der Waals surface area contributed by atoms with Gasteiger partial charge in [-0.3, -0.25) is 0 Å². The Morgan fingerprint density at radius 1 is 1.12 bits per heavy atom. The molecule has 0 aromatic heterocycles. The van der Waals surface area contributed by atoms with E-state index in [9.17, 15) is 5.11 Å². The summed E-state index contributed by atoms with van der Waals surface area (Å²) >= 11 is 1.66. The molecule has 4 nitrogen and oxygen atoms in total. The summed E-state index contributed by atoms with van der Waals surface area (Å²) in [4.78, 5) is 1.14. The molecule has 1 aliphatic carbocycles. The maximum absolute atomic E-state index is 11.0. The van der Waals surface area contributed by atoms with Gasteiger partial charge in [0.15, 0.2) is 6.29 Å². The molecular formula is C19H27NO3S. The minimum absolute atomic E-state index is 0.0267. The Morgan fingerprint density at radius 2 is 1.92 bits per heavy atom. The van der Waals surface area contributed by atoms with Gasteiger partial charge in [-0.15, -0.1) is 11.8 Å². The third-order valence-electron chi connectivity index (χ3n) is 5.49. The predicted molar refractivity (Wildman–Crippen MR) is 95.1 cm³/mol. The Balaban J connectivity index is 1.40. The quantitative estimate of drug-likeness (QED) is 0.856. The summed E-state index contributed by atoms with van der Waals surface area (Å²) in [5.74, 6) is 0.742. The molecule has 2 aliphatic heterocycles. The van der Waals surface area contributed by atoms with Gasteiger partial charge in [-0.2, -0.15) is 0 Å². The lowest BCUT2D eigenvalue weighted by molar-refractivity contribution is -0.123. The summed E-state index contributed by atoms with van der Waals surface area (Å²) in [6, 6.07) is 10.2. The van der Waals surface area contributed by atoms with Gasteiger partial charge in [0.05, 0.1) is 24.0 Å². The monoisotopic (exact) mass is 349 g/mol. The van der Waals surface area contributed by atoms with E-state index in [2.05, 4.69) is 17.4 Å². The van der Waals surface area contributed by atoms with Crippen molar-refractivity contribution in [2.45, 2.75) is 66.8 Å². The van der Waals surface area contributed by atoms with Crippen LogP contribution in [0.2, 0.25) is 0 Å². The Hall–Kier alpha value is -0.590. The zero-order valence-corrected chi connectivity index (χ0v) is 14.8. The normalized spacial score (nSPS) is 36.8. The second kappa shape index (κ2) is 7.75. The SMILES string of the molecule is O[C@H]1[C@H](NCC2CCCCC2)[C@H]2CO[C@H](O2)[C@@H]1Sc1ccccc1. The highest BCUT2D eigenvalue weighted by atomic mass is 32.2. The van der Waals surface area contributed by atoms with Crippen LogP contribution in [0.5, 0.6) is 0 Å². The van der Waals surface area contributed by atoms with Crippen LogP contribution in [-0.2, 0) is 9.47 Å². The molecule has 5 atom stereocenters. The Labute approximate surface area is 148 Å². The first kappa shape index (κ1) is 16.9. The number of benzene rings is 1. The molecule has 2 heterocycles. The van der Waals surface area contributed by atoms with Crippen LogP contribution < -0.4 is 5.32 Å². The van der Waals surface area contributed by atoms with Crippen LogP contribution in [0.4, 0.5) is 0 Å². The first-order valence-corrected chi connectivity index (χ1v) is 10.1. The standard InChI is InChI=1S/C19H27NO3S/c21-17-16(20-11-13-7-3-1-4-8-13)15-12-22-19(23-15)18(17)24-14-9-5-2-6-10-14/h2,5-6,9-10,13,15-21H,1,3-4,7-8,11-12H2/t15-,16-,17+,18-,19-/m1/s1. The van der Waals surface area contributed by atoms with E-state index in [1.165, 1.54) is 32.1 Å². The van der Waals surface area contributed by atoms with Gasteiger partial charge in [-0.1, -0.05) is 37.5 Å². The molecule has 3 aliphatic rings. The van der Waals surface area contributed by atoms with E-state index in [0.29, 0.717) is 6.61 Å². The molecule has 0 radical (unpaired) electrons. The first-order chi connectivity index (χ1) is 11.8. The van der Waals surface area contributed by atoms with Crippen LogP contribution in [0.3, 0.4) is 0 Å². The second-order valence-electron chi connectivity index (χ2n) is 7.20. The molecule has 1 aromatic rings. The van der Waals surface area contributed by atoms with Gasteiger partial charge < -0.3 is 19.9 Å². The highest BCUT2D eigenvalue weighted by Crippen LogP contribution is 2.38. The average Bonchev–Trinajstić information content (AvgIpc) is 3.06. The number of aliphatic hydroxyl groups is 1. The molecule has 24 heavy (non-hydrogen) atoms. The molecule has 3 fully saturated rings. The first-order valence-electron chi connectivity index (χ1n) is 9.21. The number of rotatable bonds is 5. The van der Waals surface area contributed by atoms with Gasteiger partial charge in [-0.05, 0) is 37.4 Å². The number of aliphatic hydroxyl groups excluding tert-OH is 1. The second-order valence-corrected chi connectivity index (χ2v) is 8.45. The van der Waals surface area contributed by atoms with Crippen molar-refractivity contribution in [1.29, 1.82) is 0 Å². The third-order valence-corrected chi connectivity index (χ3v) is 6.81. The summed E-state index contributed by atoms with van der Waals surface area (Å²) in [6.45, 7) is 1.56. The van der Waals surface area contributed by atoms with E-state index < -0.39 is 6.10 Å². The van der Waals surface area contributed by atoms with E-state index in [4.69, 9.17) is 9.47 Å². The average molecular weight is 349 g/mol. The molecule has 0 spiro atoms. The van der Waals surface area contributed by atoms with Crippen molar-refractivity contribution in [3.05, 3.63) is 30.3 Å². The summed E-state index contributed by atoms with van der Waals surface area (Å²) in [5.41, 5.74) is 0. The van der Waals surface area contributed by atoms with Crippen molar-refractivity contribution in [3.63, 3.8) is 0 Å².